The van der Waals surface area contributed by atoms with E-state index in [1.807, 2.05) is 32.2 Å². The highest BCUT2D eigenvalue weighted by atomic mass is 79.9. The van der Waals surface area contributed by atoms with Crippen molar-refractivity contribution in [2.45, 2.75) is 26.7 Å². The van der Waals surface area contributed by atoms with Gasteiger partial charge in [-0.2, -0.15) is 0 Å². The molecule has 0 atom stereocenters. The van der Waals surface area contributed by atoms with E-state index in [0.717, 1.165) is 34.4 Å². The maximum absolute atomic E-state index is 5.95. The summed E-state index contributed by atoms with van der Waals surface area (Å²) in [6, 6.07) is 5.98. The fourth-order valence-electron chi connectivity index (χ4n) is 1.97. The van der Waals surface area contributed by atoms with Crippen molar-refractivity contribution < 1.29 is 4.74 Å². The number of hydrogen-bond acceptors (Lipinski definition) is 4. The maximum Gasteiger partial charge on any atom is 0.227 e. The van der Waals surface area contributed by atoms with E-state index in [1.54, 1.807) is 0 Å². The van der Waals surface area contributed by atoms with E-state index in [4.69, 9.17) is 4.74 Å². The Balaban J connectivity index is 2.37. The molecule has 0 spiro atoms. The first-order valence-electron chi connectivity index (χ1n) is 6.61. The summed E-state index contributed by atoms with van der Waals surface area (Å²) in [4.78, 5) is 8.51. The second-order valence-electron chi connectivity index (χ2n) is 4.54. The first-order chi connectivity index (χ1) is 9.65. The molecule has 0 unspecified atom stereocenters. The third-order valence-corrected chi connectivity index (χ3v) is 3.56. The lowest BCUT2D eigenvalue weighted by atomic mass is 10.1. The molecule has 0 aliphatic carbocycles. The van der Waals surface area contributed by atoms with Gasteiger partial charge in [0.05, 0.1) is 10.0 Å². The van der Waals surface area contributed by atoms with E-state index < -0.39 is 0 Å². The number of aryl methyl sites for hydroxylation is 1. The van der Waals surface area contributed by atoms with Crippen LogP contribution in [0.15, 0.2) is 29.0 Å². The van der Waals surface area contributed by atoms with E-state index in [9.17, 15) is 0 Å². The van der Waals surface area contributed by atoms with Crippen molar-refractivity contribution >= 4 is 21.7 Å². The standard InChI is InChI=1S/C15H18BrN3O/c1-4-5-11-14(17-3)18-9-19-15(11)20-13-7-6-10(2)8-12(13)16/h6-9H,4-5H2,1-3H3,(H,17,18,19). The van der Waals surface area contributed by atoms with Gasteiger partial charge < -0.3 is 10.1 Å². The Bertz CT molecular complexity index is 602. The maximum atomic E-state index is 5.95. The normalized spacial score (nSPS) is 10.4. The fourth-order valence-corrected chi connectivity index (χ4v) is 2.54. The van der Waals surface area contributed by atoms with Gasteiger partial charge in [0.1, 0.15) is 17.9 Å². The summed E-state index contributed by atoms with van der Waals surface area (Å²) < 4.78 is 6.87. The van der Waals surface area contributed by atoms with Crippen molar-refractivity contribution in [2.75, 3.05) is 12.4 Å². The zero-order chi connectivity index (χ0) is 14.5. The van der Waals surface area contributed by atoms with Crippen molar-refractivity contribution in [3.8, 4) is 11.6 Å². The molecule has 1 aromatic carbocycles. The van der Waals surface area contributed by atoms with E-state index in [2.05, 4.69) is 38.1 Å². The molecule has 1 heterocycles. The molecule has 0 bridgehead atoms. The molecule has 20 heavy (non-hydrogen) atoms. The summed E-state index contributed by atoms with van der Waals surface area (Å²) in [5.74, 6) is 2.18. The van der Waals surface area contributed by atoms with Crippen LogP contribution in [0.2, 0.25) is 0 Å². The van der Waals surface area contributed by atoms with Gasteiger partial charge in [0.25, 0.3) is 0 Å². The van der Waals surface area contributed by atoms with Crippen molar-refractivity contribution in [1.29, 1.82) is 0 Å². The molecule has 5 heteroatoms. The van der Waals surface area contributed by atoms with Crippen LogP contribution in [0.3, 0.4) is 0 Å². The summed E-state index contributed by atoms with van der Waals surface area (Å²) in [5.41, 5.74) is 2.18. The molecule has 0 aliphatic heterocycles. The number of nitrogens with zero attached hydrogens (tertiary/aromatic N) is 2. The van der Waals surface area contributed by atoms with Crippen LogP contribution in [0.5, 0.6) is 11.6 Å². The number of halogens is 1. The minimum absolute atomic E-state index is 0.607. The number of anilines is 1. The molecule has 2 aromatic rings. The van der Waals surface area contributed by atoms with Crippen LogP contribution >= 0.6 is 15.9 Å². The zero-order valence-corrected chi connectivity index (χ0v) is 13.5. The Morgan fingerprint density at radius 1 is 1.30 bits per heavy atom. The van der Waals surface area contributed by atoms with Crippen LogP contribution < -0.4 is 10.1 Å². The number of aromatic nitrogens is 2. The Morgan fingerprint density at radius 3 is 2.75 bits per heavy atom. The van der Waals surface area contributed by atoms with Gasteiger partial charge in [-0.3, -0.25) is 0 Å². The fraction of sp³-hybridized carbons (Fsp3) is 0.333. The quantitative estimate of drug-likeness (QED) is 0.883. The minimum atomic E-state index is 0.607. The van der Waals surface area contributed by atoms with Crippen molar-refractivity contribution in [3.05, 3.63) is 40.1 Å². The van der Waals surface area contributed by atoms with Gasteiger partial charge in [-0.1, -0.05) is 19.4 Å². The second kappa shape index (κ2) is 6.70. The molecule has 0 saturated heterocycles. The third-order valence-electron chi connectivity index (χ3n) is 2.94. The summed E-state index contributed by atoms with van der Waals surface area (Å²) in [6.07, 6.45) is 3.39. The Hall–Kier alpha value is -1.62. The monoisotopic (exact) mass is 335 g/mol. The topological polar surface area (TPSA) is 47.0 Å². The molecular weight excluding hydrogens is 318 g/mol. The van der Waals surface area contributed by atoms with E-state index in [1.165, 1.54) is 11.9 Å². The molecule has 0 saturated carbocycles. The van der Waals surface area contributed by atoms with E-state index in [0.29, 0.717) is 5.88 Å². The smallest absolute Gasteiger partial charge is 0.227 e. The molecule has 0 aliphatic rings. The van der Waals surface area contributed by atoms with Gasteiger partial charge in [-0.15, -0.1) is 0 Å². The van der Waals surface area contributed by atoms with Crippen LogP contribution in [0.4, 0.5) is 5.82 Å². The summed E-state index contributed by atoms with van der Waals surface area (Å²) in [6.45, 7) is 4.17. The van der Waals surface area contributed by atoms with Gasteiger partial charge in [-0.05, 0) is 47.0 Å². The lowest BCUT2D eigenvalue weighted by Gasteiger charge is -2.13. The highest BCUT2D eigenvalue weighted by Gasteiger charge is 2.13. The summed E-state index contributed by atoms with van der Waals surface area (Å²) in [7, 11) is 1.85. The van der Waals surface area contributed by atoms with Crippen molar-refractivity contribution in [2.24, 2.45) is 0 Å². The van der Waals surface area contributed by atoms with Crippen molar-refractivity contribution in [1.82, 2.24) is 9.97 Å². The number of nitrogens with one attached hydrogen (secondary N) is 1. The predicted molar refractivity (Wildman–Crippen MR) is 84.5 cm³/mol. The van der Waals surface area contributed by atoms with Gasteiger partial charge in [-0.25, -0.2) is 9.97 Å². The largest absolute Gasteiger partial charge is 0.437 e. The Kier molecular flexibility index (Phi) is 4.95. The zero-order valence-electron chi connectivity index (χ0n) is 11.9. The second-order valence-corrected chi connectivity index (χ2v) is 5.40. The van der Waals surface area contributed by atoms with Gasteiger partial charge in [0.2, 0.25) is 5.88 Å². The van der Waals surface area contributed by atoms with Crippen LogP contribution in [-0.2, 0) is 6.42 Å². The first kappa shape index (κ1) is 14.8. The molecular formula is C15H18BrN3O. The molecule has 1 N–H and O–H groups in total. The van der Waals surface area contributed by atoms with Gasteiger partial charge >= 0.3 is 0 Å². The molecule has 106 valence electrons. The van der Waals surface area contributed by atoms with Crippen molar-refractivity contribution in [3.63, 3.8) is 0 Å². The summed E-state index contributed by atoms with van der Waals surface area (Å²) in [5, 5.41) is 3.09. The first-order valence-corrected chi connectivity index (χ1v) is 7.40. The minimum Gasteiger partial charge on any atom is -0.437 e. The number of benzene rings is 1. The van der Waals surface area contributed by atoms with Gasteiger partial charge in [0.15, 0.2) is 0 Å². The van der Waals surface area contributed by atoms with Crippen LogP contribution in [-0.4, -0.2) is 17.0 Å². The highest BCUT2D eigenvalue weighted by Crippen LogP contribution is 2.33. The van der Waals surface area contributed by atoms with E-state index in [-0.39, 0.29) is 0 Å². The van der Waals surface area contributed by atoms with Crippen LogP contribution in [0.25, 0.3) is 0 Å². The number of rotatable bonds is 5. The molecule has 0 amide bonds. The molecule has 2 rings (SSSR count). The lowest BCUT2D eigenvalue weighted by molar-refractivity contribution is 0.451. The van der Waals surface area contributed by atoms with Crippen LogP contribution in [0, 0.1) is 6.92 Å². The van der Waals surface area contributed by atoms with Gasteiger partial charge in [0, 0.05) is 7.05 Å². The Morgan fingerprint density at radius 2 is 2.10 bits per heavy atom. The average molecular weight is 336 g/mol. The molecule has 0 radical (unpaired) electrons. The lowest BCUT2D eigenvalue weighted by Crippen LogP contribution is -2.03. The van der Waals surface area contributed by atoms with E-state index >= 15 is 0 Å². The molecule has 4 nitrogen and oxygen atoms in total. The summed E-state index contributed by atoms with van der Waals surface area (Å²) >= 11 is 3.52. The third kappa shape index (κ3) is 3.28. The predicted octanol–water partition coefficient (Wildman–Crippen LogP) is 4.33. The molecule has 1 aromatic heterocycles. The number of hydrogen-bond donors (Lipinski definition) is 1. The average Bonchev–Trinajstić information content (AvgIpc) is 2.43. The SMILES string of the molecule is CCCc1c(NC)ncnc1Oc1ccc(C)cc1Br. The molecule has 0 fully saturated rings. The van der Waals surface area contributed by atoms with Crippen LogP contribution in [0.1, 0.15) is 24.5 Å². The Labute approximate surface area is 127 Å². The highest BCUT2D eigenvalue weighted by molar-refractivity contribution is 9.10. The number of ether oxygens (including phenoxy) is 1.